The van der Waals surface area contributed by atoms with Crippen LogP contribution < -0.4 is 0 Å². The van der Waals surface area contributed by atoms with Gasteiger partial charge in [-0.25, -0.2) is 0 Å². The summed E-state index contributed by atoms with van der Waals surface area (Å²) < 4.78 is 36.9. The molecular formula is C12H20F3NO3. The lowest BCUT2D eigenvalue weighted by Gasteiger charge is -2.25. The monoisotopic (exact) mass is 283 g/mol. The van der Waals surface area contributed by atoms with Crippen LogP contribution in [0.25, 0.3) is 0 Å². The minimum atomic E-state index is -4.46. The van der Waals surface area contributed by atoms with Gasteiger partial charge in [-0.05, 0) is 12.3 Å². The molecule has 1 fully saturated rings. The Morgan fingerprint density at radius 2 is 1.89 bits per heavy atom. The highest BCUT2D eigenvalue weighted by Crippen LogP contribution is 2.28. The zero-order valence-electron chi connectivity index (χ0n) is 10.7. The third kappa shape index (κ3) is 7.37. The molecule has 7 heteroatoms. The van der Waals surface area contributed by atoms with Gasteiger partial charge in [-0.2, -0.15) is 13.2 Å². The van der Waals surface area contributed by atoms with Crippen molar-refractivity contribution in [1.82, 2.24) is 4.90 Å². The molecule has 1 atom stereocenters. The fraction of sp³-hybridized carbons (Fsp3) is 0.917. The van der Waals surface area contributed by atoms with Gasteiger partial charge < -0.3 is 10.2 Å². The van der Waals surface area contributed by atoms with Gasteiger partial charge in [-0.15, -0.1) is 0 Å². The standard InChI is InChI=1S/C12H20F3NO3/c13-12(14,15)8-16(7-11(18)19)6-10(17)5-9-3-1-2-4-9/h9-10,17H,1-8H2,(H,18,19). The Balaban J connectivity index is 2.42. The summed E-state index contributed by atoms with van der Waals surface area (Å²) in [7, 11) is 0. The number of aliphatic hydroxyl groups excluding tert-OH is 1. The number of hydrogen-bond donors (Lipinski definition) is 2. The molecule has 1 aliphatic rings. The van der Waals surface area contributed by atoms with Crippen LogP contribution in [0.15, 0.2) is 0 Å². The molecule has 1 unspecified atom stereocenters. The fourth-order valence-electron chi connectivity index (χ4n) is 2.63. The molecule has 0 aromatic carbocycles. The van der Waals surface area contributed by atoms with Crippen LogP contribution in [0, 0.1) is 5.92 Å². The van der Waals surface area contributed by atoms with Crippen LogP contribution in [0.4, 0.5) is 13.2 Å². The van der Waals surface area contributed by atoms with Gasteiger partial charge in [0.25, 0.3) is 0 Å². The zero-order chi connectivity index (χ0) is 14.5. The van der Waals surface area contributed by atoms with Gasteiger partial charge in [0.2, 0.25) is 0 Å². The number of hydrogen-bond acceptors (Lipinski definition) is 3. The predicted octanol–water partition coefficient (Wildman–Crippen LogP) is 1.88. The molecule has 4 nitrogen and oxygen atoms in total. The third-order valence-electron chi connectivity index (χ3n) is 3.31. The second-order valence-electron chi connectivity index (χ2n) is 5.22. The van der Waals surface area contributed by atoms with Crippen molar-refractivity contribution in [3.8, 4) is 0 Å². The lowest BCUT2D eigenvalue weighted by atomic mass is 10.00. The molecule has 0 spiro atoms. The normalized spacial score (nSPS) is 19.0. The molecule has 19 heavy (non-hydrogen) atoms. The van der Waals surface area contributed by atoms with Crippen LogP contribution in [0.2, 0.25) is 0 Å². The van der Waals surface area contributed by atoms with Crippen molar-refractivity contribution in [2.75, 3.05) is 19.6 Å². The smallest absolute Gasteiger partial charge is 0.401 e. The highest BCUT2D eigenvalue weighted by Gasteiger charge is 2.32. The zero-order valence-corrected chi connectivity index (χ0v) is 10.7. The maximum absolute atomic E-state index is 12.3. The molecule has 0 heterocycles. The molecule has 0 saturated heterocycles. The maximum atomic E-state index is 12.3. The van der Waals surface area contributed by atoms with E-state index in [0.29, 0.717) is 12.3 Å². The topological polar surface area (TPSA) is 60.8 Å². The summed E-state index contributed by atoms with van der Waals surface area (Å²) in [6.45, 7) is -2.26. The van der Waals surface area contributed by atoms with Crippen LogP contribution in [0.1, 0.15) is 32.1 Å². The van der Waals surface area contributed by atoms with E-state index in [0.717, 1.165) is 30.6 Å². The molecular weight excluding hydrogens is 263 g/mol. The molecule has 1 rings (SSSR count). The first kappa shape index (κ1) is 16.2. The first-order valence-corrected chi connectivity index (χ1v) is 6.45. The summed E-state index contributed by atoms with van der Waals surface area (Å²) in [4.78, 5) is 11.3. The van der Waals surface area contributed by atoms with Gasteiger partial charge in [0.15, 0.2) is 0 Å². The number of halogens is 3. The Morgan fingerprint density at radius 1 is 1.32 bits per heavy atom. The fourth-order valence-corrected chi connectivity index (χ4v) is 2.63. The molecule has 112 valence electrons. The highest BCUT2D eigenvalue weighted by molar-refractivity contribution is 5.69. The van der Waals surface area contributed by atoms with Crippen LogP contribution in [0.5, 0.6) is 0 Å². The number of carboxylic acids is 1. The van der Waals surface area contributed by atoms with E-state index in [1.165, 1.54) is 0 Å². The SMILES string of the molecule is O=C(O)CN(CC(O)CC1CCCC1)CC(F)(F)F. The number of nitrogens with zero attached hydrogens (tertiary/aromatic N) is 1. The second kappa shape index (κ2) is 7.09. The van der Waals surface area contributed by atoms with Gasteiger partial charge >= 0.3 is 12.1 Å². The molecule has 0 amide bonds. The van der Waals surface area contributed by atoms with Gasteiger partial charge in [0.1, 0.15) is 0 Å². The third-order valence-corrected chi connectivity index (χ3v) is 3.31. The van der Waals surface area contributed by atoms with Crippen LogP contribution >= 0.6 is 0 Å². The van der Waals surface area contributed by atoms with E-state index in [1.54, 1.807) is 0 Å². The Labute approximate surface area is 110 Å². The summed E-state index contributed by atoms with van der Waals surface area (Å²) in [5.74, 6) is -0.968. The molecule has 0 bridgehead atoms. The van der Waals surface area contributed by atoms with Crippen molar-refractivity contribution in [1.29, 1.82) is 0 Å². The number of aliphatic carboxylic acids is 1. The number of rotatable bonds is 7. The minimum Gasteiger partial charge on any atom is -0.480 e. The van der Waals surface area contributed by atoms with E-state index in [1.807, 2.05) is 0 Å². The van der Waals surface area contributed by atoms with Crippen LogP contribution in [-0.2, 0) is 4.79 Å². The lowest BCUT2D eigenvalue weighted by molar-refractivity contribution is -0.156. The molecule has 0 aromatic heterocycles. The maximum Gasteiger partial charge on any atom is 0.401 e. The Hall–Kier alpha value is -0.820. The summed E-state index contributed by atoms with van der Waals surface area (Å²) >= 11 is 0. The van der Waals surface area contributed by atoms with Crippen molar-refractivity contribution in [3.05, 3.63) is 0 Å². The molecule has 1 saturated carbocycles. The average Bonchev–Trinajstić information content (AvgIpc) is 2.65. The van der Waals surface area contributed by atoms with E-state index in [2.05, 4.69) is 0 Å². The van der Waals surface area contributed by atoms with E-state index >= 15 is 0 Å². The quantitative estimate of drug-likeness (QED) is 0.749. The van der Waals surface area contributed by atoms with Gasteiger partial charge in [-0.3, -0.25) is 9.69 Å². The summed E-state index contributed by atoms with van der Waals surface area (Å²) in [5, 5.41) is 18.4. The summed E-state index contributed by atoms with van der Waals surface area (Å²) in [5.41, 5.74) is 0. The molecule has 0 radical (unpaired) electrons. The van der Waals surface area contributed by atoms with Crippen LogP contribution in [-0.4, -0.2) is 53.0 Å². The van der Waals surface area contributed by atoms with Crippen molar-refractivity contribution in [2.45, 2.75) is 44.4 Å². The Kier molecular flexibility index (Phi) is 6.06. The molecule has 1 aliphatic carbocycles. The predicted molar refractivity (Wildman–Crippen MR) is 62.7 cm³/mol. The van der Waals surface area contributed by atoms with E-state index in [4.69, 9.17) is 5.11 Å². The van der Waals surface area contributed by atoms with Crippen molar-refractivity contribution in [2.24, 2.45) is 5.92 Å². The Bertz CT molecular complexity index is 290. The van der Waals surface area contributed by atoms with Crippen molar-refractivity contribution < 1.29 is 28.2 Å². The van der Waals surface area contributed by atoms with E-state index in [9.17, 15) is 23.1 Å². The van der Waals surface area contributed by atoms with Gasteiger partial charge in [0.05, 0.1) is 19.2 Å². The van der Waals surface area contributed by atoms with Gasteiger partial charge in [0, 0.05) is 6.54 Å². The first-order valence-electron chi connectivity index (χ1n) is 6.45. The summed E-state index contributed by atoms with van der Waals surface area (Å²) in [6, 6.07) is 0. The largest absolute Gasteiger partial charge is 0.480 e. The first-order chi connectivity index (χ1) is 8.76. The van der Waals surface area contributed by atoms with E-state index < -0.39 is 31.3 Å². The molecule has 0 aromatic rings. The number of aliphatic hydroxyl groups is 1. The van der Waals surface area contributed by atoms with Crippen molar-refractivity contribution >= 4 is 5.97 Å². The van der Waals surface area contributed by atoms with Crippen molar-refractivity contribution in [3.63, 3.8) is 0 Å². The second-order valence-corrected chi connectivity index (χ2v) is 5.22. The number of carboxylic acid groups (broad SMARTS) is 1. The average molecular weight is 283 g/mol. The Morgan fingerprint density at radius 3 is 2.37 bits per heavy atom. The number of alkyl halides is 3. The lowest BCUT2D eigenvalue weighted by Crippen LogP contribution is -2.42. The summed E-state index contributed by atoms with van der Waals surface area (Å²) in [6.07, 6.45) is -0.719. The molecule has 0 aliphatic heterocycles. The van der Waals surface area contributed by atoms with E-state index in [-0.39, 0.29) is 6.54 Å². The number of carbonyl (C=O) groups is 1. The highest BCUT2D eigenvalue weighted by atomic mass is 19.4. The van der Waals surface area contributed by atoms with Crippen LogP contribution in [0.3, 0.4) is 0 Å². The minimum absolute atomic E-state index is 0.248. The van der Waals surface area contributed by atoms with Gasteiger partial charge in [-0.1, -0.05) is 25.7 Å². The molecule has 2 N–H and O–H groups in total.